The van der Waals surface area contributed by atoms with Crippen molar-refractivity contribution in [2.45, 2.75) is 71.6 Å². The normalized spacial score (nSPS) is 20.3. The largest absolute Gasteiger partial charge is 0.293 e. The quantitative estimate of drug-likeness (QED) is 0.643. The zero-order chi connectivity index (χ0) is 16.5. The third-order valence-electron chi connectivity index (χ3n) is 5.35. The highest BCUT2D eigenvalue weighted by atomic mass is 16.2. The number of fused-ring (bicyclic) bond motifs is 1. The number of benzene rings is 1. The molecule has 0 bridgehead atoms. The van der Waals surface area contributed by atoms with Crippen LogP contribution in [0.5, 0.6) is 0 Å². The third kappa shape index (κ3) is 1.85. The first-order chi connectivity index (χ1) is 10.00. The van der Waals surface area contributed by atoms with Crippen LogP contribution in [-0.2, 0) is 10.8 Å². The number of hydrogen-bond donors (Lipinski definition) is 0. The molecule has 22 heavy (non-hydrogen) atoms. The second-order valence-electron chi connectivity index (χ2n) is 9.00. The van der Waals surface area contributed by atoms with Crippen molar-refractivity contribution in [3.63, 3.8) is 0 Å². The van der Waals surface area contributed by atoms with Crippen LogP contribution in [0.15, 0.2) is 12.1 Å². The van der Waals surface area contributed by atoms with E-state index in [1.165, 1.54) is 0 Å². The molecule has 2 aliphatic rings. The molecule has 1 saturated carbocycles. The second kappa shape index (κ2) is 4.31. The van der Waals surface area contributed by atoms with Crippen molar-refractivity contribution in [2.75, 3.05) is 0 Å². The Bertz CT molecular complexity index is 622. The SMILES string of the molecule is CC(C)(C)c1ccc(C(C)(C)C)c2c1C(=O)C1(CCC1)C2=O. The number of rotatable bonds is 0. The minimum atomic E-state index is -0.719. The van der Waals surface area contributed by atoms with Gasteiger partial charge in [0.15, 0.2) is 11.6 Å². The summed E-state index contributed by atoms with van der Waals surface area (Å²) in [6.45, 7) is 12.7. The Morgan fingerprint density at radius 2 is 1.14 bits per heavy atom. The van der Waals surface area contributed by atoms with Gasteiger partial charge >= 0.3 is 0 Å². The number of Topliss-reactive ketones (excluding diaryl/α,β-unsaturated/α-hetero) is 2. The van der Waals surface area contributed by atoms with Crippen molar-refractivity contribution < 1.29 is 9.59 Å². The lowest BCUT2D eigenvalue weighted by atomic mass is 9.65. The van der Waals surface area contributed by atoms with E-state index in [2.05, 4.69) is 53.7 Å². The van der Waals surface area contributed by atoms with Crippen molar-refractivity contribution in [2.24, 2.45) is 5.41 Å². The average molecular weight is 298 g/mol. The predicted octanol–water partition coefficient (Wildman–Crippen LogP) is 4.83. The number of ketones is 2. The zero-order valence-corrected chi connectivity index (χ0v) is 14.6. The molecule has 0 aromatic heterocycles. The molecule has 1 aromatic rings. The molecule has 0 atom stereocenters. The van der Waals surface area contributed by atoms with E-state index >= 15 is 0 Å². The van der Waals surface area contributed by atoms with Gasteiger partial charge in [0.1, 0.15) is 0 Å². The van der Waals surface area contributed by atoms with E-state index in [9.17, 15) is 9.59 Å². The molecular weight excluding hydrogens is 272 g/mol. The van der Waals surface area contributed by atoms with E-state index in [4.69, 9.17) is 0 Å². The molecule has 0 unspecified atom stereocenters. The van der Waals surface area contributed by atoms with Gasteiger partial charge in [0.05, 0.1) is 5.41 Å². The summed E-state index contributed by atoms with van der Waals surface area (Å²) in [5.41, 5.74) is 2.52. The Morgan fingerprint density at radius 3 is 1.36 bits per heavy atom. The molecular formula is C20H26O2. The van der Waals surface area contributed by atoms with Crippen molar-refractivity contribution in [3.05, 3.63) is 34.4 Å². The highest BCUT2D eigenvalue weighted by Gasteiger charge is 2.58. The van der Waals surface area contributed by atoms with Gasteiger partial charge in [0.25, 0.3) is 0 Å². The Morgan fingerprint density at radius 1 is 0.773 bits per heavy atom. The highest BCUT2D eigenvalue weighted by molar-refractivity contribution is 6.31. The van der Waals surface area contributed by atoms with Crippen molar-refractivity contribution in [1.82, 2.24) is 0 Å². The second-order valence-corrected chi connectivity index (χ2v) is 9.00. The summed E-state index contributed by atoms with van der Waals surface area (Å²) in [6.07, 6.45) is 2.44. The van der Waals surface area contributed by atoms with Gasteiger partial charge in [-0.05, 0) is 34.8 Å². The van der Waals surface area contributed by atoms with Crippen LogP contribution in [0.2, 0.25) is 0 Å². The molecule has 0 amide bonds. The maximum absolute atomic E-state index is 13.1. The molecule has 2 heteroatoms. The Hall–Kier alpha value is -1.44. The summed E-state index contributed by atoms with van der Waals surface area (Å²) in [6, 6.07) is 4.14. The summed E-state index contributed by atoms with van der Waals surface area (Å²) >= 11 is 0. The molecule has 0 radical (unpaired) electrons. The fourth-order valence-electron chi connectivity index (χ4n) is 3.89. The molecule has 0 saturated heterocycles. The summed E-state index contributed by atoms with van der Waals surface area (Å²) in [5, 5.41) is 0. The predicted molar refractivity (Wildman–Crippen MR) is 88.8 cm³/mol. The Kier molecular flexibility index (Phi) is 3.02. The van der Waals surface area contributed by atoms with Gasteiger partial charge < -0.3 is 0 Å². The van der Waals surface area contributed by atoms with Gasteiger partial charge in [-0.2, -0.15) is 0 Å². The van der Waals surface area contributed by atoms with Crippen LogP contribution in [0.4, 0.5) is 0 Å². The topological polar surface area (TPSA) is 34.1 Å². The molecule has 3 rings (SSSR count). The van der Waals surface area contributed by atoms with Crippen LogP contribution in [0, 0.1) is 5.41 Å². The molecule has 1 fully saturated rings. The molecule has 1 spiro atoms. The minimum absolute atomic E-state index is 0.0924. The van der Waals surface area contributed by atoms with Crippen molar-refractivity contribution in [1.29, 1.82) is 0 Å². The fraction of sp³-hybridized carbons (Fsp3) is 0.600. The monoisotopic (exact) mass is 298 g/mol. The lowest BCUT2D eigenvalue weighted by molar-refractivity contribution is 0.0543. The van der Waals surface area contributed by atoms with E-state index in [0.29, 0.717) is 0 Å². The molecule has 0 aliphatic heterocycles. The van der Waals surface area contributed by atoms with Gasteiger partial charge in [-0.3, -0.25) is 9.59 Å². The van der Waals surface area contributed by atoms with Gasteiger partial charge in [0.2, 0.25) is 0 Å². The fourth-order valence-corrected chi connectivity index (χ4v) is 3.89. The summed E-state index contributed by atoms with van der Waals surface area (Å²) in [4.78, 5) is 26.3. The van der Waals surface area contributed by atoms with E-state index in [1.54, 1.807) is 0 Å². The van der Waals surface area contributed by atoms with E-state index in [1.807, 2.05) is 0 Å². The number of hydrogen-bond acceptors (Lipinski definition) is 2. The first-order valence-electron chi connectivity index (χ1n) is 8.28. The lowest BCUT2D eigenvalue weighted by Crippen LogP contribution is -2.40. The van der Waals surface area contributed by atoms with Crippen LogP contribution in [-0.4, -0.2) is 11.6 Å². The van der Waals surface area contributed by atoms with Gasteiger partial charge in [-0.25, -0.2) is 0 Å². The van der Waals surface area contributed by atoms with E-state index in [-0.39, 0.29) is 22.4 Å². The summed E-state index contributed by atoms with van der Waals surface area (Å²) in [5.74, 6) is 0.185. The summed E-state index contributed by atoms with van der Waals surface area (Å²) in [7, 11) is 0. The molecule has 2 nitrogen and oxygen atoms in total. The zero-order valence-electron chi connectivity index (χ0n) is 14.6. The summed E-state index contributed by atoms with van der Waals surface area (Å²) < 4.78 is 0. The Labute approximate surface area is 133 Å². The first kappa shape index (κ1) is 15.5. The molecule has 0 heterocycles. The standard InChI is InChI=1S/C20H26O2/c1-18(2,3)12-8-9-13(19(4,5)6)15-14(12)16(21)20(17(15)22)10-7-11-20/h8-9H,7,10-11H2,1-6H3. The lowest BCUT2D eigenvalue weighted by Gasteiger charge is -2.34. The van der Waals surface area contributed by atoms with Crippen LogP contribution < -0.4 is 0 Å². The smallest absolute Gasteiger partial charge is 0.177 e. The van der Waals surface area contributed by atoms with Crippen LogP contribution in [0.3, 0.4) is 0 Å². The van der Waals surface area contributed by atoms with Gasteiger partial charge in [-0.15, -0.1) is 0 Å². The number of carbonyl (C=O) groups is 2. The highest BCUT2D eigenvalue weighted by Crippen LogP contribution is 2.54. The van der Waals surface area contributed by atoms with E-state index in [0.717, 1.165) is 41.5 Å². The van der Waals surface area contributed by atoms with Crippen molar-refractivity contribution in [3.8, 4) is 0 Å². The molecule has 0 N–H and O–H groups in total. The van der Waals surface area contributed by atoms with Crippen LogP contribution in [0.1, 0.15) is 92.6 Å². The van der Waals surface area contributed by atoms with E-state index < -0.39 is 5.41 Å². The molecule has 2 aliphatic carbocycles. The molecule has 118 valence electrons. The number of carbonyl (C=O) groups excluding carboxylic acids is 2. The Balaban J connectivity index is 2.35. The van der Waals surface area contributed by atoms with Crippen molar-refractivity contribution >= 4 is 11.6 Å². The first-order valence-corrected chi connectivity index (χ1v) is 8.28. The van der Waals surface area contributed by atoms with Gasteiger partial charge in [-0.1, -0.05) is 60.1 Å². The average Bonchev–Trinajstić information content (AvgIpc) is 2.55. The minimum Gasteiger partial charge on any atom is -0.293 e. The third-order valence-corrected chi connectivity index (χ3v) is 5.35. The molecule has 1 aromatic carbocycles. The van der Waals surface area contributed by atoms with Crippen LogP contribution >= 0.6 is 0 Å². The maximum atomic E-state index is 13.1. The maximum Gasteiger partial charge on any atom is 0.177 e. The van der Waals surface area contributed by atoms with Crippen LogP contribution in [0.25, 0.3) is 0 Å². The van der Waals surface area contributed by atoms with Gasteiger partial charge in [0, 0.05) is 11.1 Å².